The second kappa shape index (κ2) is 6.41. The van der Waals surface area contributed by atoms with Crippen LogP contribution in [0.2, 0.25) is 0 Å². The molecule has 0 aromatic heterocycles. The minimum Gasteiger partial charge on any atom is -0.482 e. The van der Waals surface area contributed by atoms with Crippen LogP contribution in [0.3, 0.4) is 0 Å². The van der Waals surface area contributed by atoms with Gasteiger partial charge >= 0.3 is 0 Å². The molecular weight excluding hydrogens is 329 g/mol. The number of nitrogen functional groups attached to an aromatic ring is 1. The second-order valence-electron chi connectivity index (χ2n) is 4.78. The van der Waals surface area contributed by atoms with Gasteiger partial charge in [0.25, 0.3) is 5.91 Å². The van der Waals surface area contributed by atoms with Gasteiger partial charge in [-0.2, -0.15) is 0 Å². The molecule has 1 aromatic carbocycles. The van der Waals surface area contributed by atoms with Crippen molar-refractivity contribution in [2.45, 2.75) is 0 Å². The normalized spacial score (nSPS) is 16.2. The standard InChI is InChI=1S/C13H17BrFN3O2/c1-17-2-4-18(5-3-17)13(19)8-20-12-7-10(15)9(14)6-11(12)16/h6-7H,2-5,8,16H2,1H3. The lowest BCUT2D eigenvalue weighted by Crippen LogP contribution is -2.48. The molecule has 1 saturated heterocycles. The largest absolute Gasteiger partial charge is 0.482 e. The Labute approximate surface area is 125 Å². The third-order valence-electron chi connectivity index (χ3n) is 3.26. The van der Waals surface area contributed by atoms with Crippen molar-refractivity contribution in [3.8, 4) is 5.75 Å². The fourth-order valence-electron chi connectivity index (χ4n) is 1.96. The number of anilines is 1. The summed E-state index contributed by atoms with van der Waals surface area (Å²) in [6, 6.07) is 2.60. The molecule has 1 aromatic rings. The first-order valence-electron chi connectivity index (χ1n) is 6.31. The lowest BCUT2D eigenvalue weighted by Gasteiger charge is -2.32. The van der Waals surface area contributed by atoms with Gasteiger partial charge in [-0.25, -0.2) is 4.39 Å². The fourth-order valence-corrected chi connectivity index (χ4v) is 2.32. The summed E-state index contributed by atoms with van der Waals surface area (Å²) in [6.07, 6.45) is 0. The summed E-state index contributed by atoms with van der Waals surface area (Å²) in [7, 11) is 2.02. The van der Waals surface area contributed by atoms with Crippen molar-refractivity contribution in [2.24, 2.45) is 0 Å². The number of halogens is 2. The summed E-state index contributed by atoms with van der Waals surface area (Å²) in [5, 5.41) is 0. The highest BCUT2D eigenvalue weighted by molar-refractivity contribution is 9.10. The molecule has 1 heterocycles. The molecule has 1 aliphatic rings. The number of nitrogens with two attached hydrogens (primary N) is 1. The summed E-state index contributed by atoms with van der Waals surface area (Å²) in [4.78, 5) is 15.9. The van der Waals surface area contributed by atoms with Crippen molar-refractivity contribution in [3.63, 3.8) is 0 Å². The van der Waals surface area contributed by atoms with Gasteiger partial charge in [-0.15, -0.1) is 0 Å². The maximum Gasteiger partial charge on any atom is 0.260 e. The quantitative estimate of drug-likeness (QED) is 0.839. The Balaban J connectivity index is 1.92. The van der Waals surface area contributed by atoms with Gasteiger partial charge in [-0.3, -0.25) is 4.79 Å². The van der Waals surface area contributed by atoms with Gasteiger partial charge in [-0.1, -0.05) is 0 Å². The topological polar surface area (TPSA) is 58.8 Å². The van der Waals surface area contributed by atoms with Crippen molar-refractivity contribution < 1.29 is 13.9 Å². The maximum atomic E-state index is 13.4. The van der Waals surface area contributed by atoms with Gasteiger partial charge in [0.1, 0.15) is 11.6 Å². The molecule has 0 saturated carbocycles. The lowest BCUT2D eigenvalue weighted by atomic mass is 10.3. The molecule has 2 N–H and O–H groups in total. The third-order valence-corrected chi connectivity index (χ3v) is 3.87. The molecule has 1 amide bonds. The summed E-state index contributed by atoms with van der Waals surface area (Å²) < 4.78 is 19.0. The molecular formula is C13H17BrFN3O2. The van der Waals surface area contributed by atoms with Crippen LogP contribution in [0.4, 0.5) is 10.1 Å². The first kappa shape index (κ1) is 15.1. The number of piperazine rings is 1. The van der Waals surface area contributed by atoms with Crippen LogP contribution in [0.15, 0.2) is 16.6 Å². The zero-order chi connectivity index (χ0) is 14.7. The Morgan fingerprint density at radius 1 is 1.40 bits per heavy atom. The lowest BCUT2D eigenvalue weighted by molar-refractivity contribution is -0.134. The molecule has 0 spiro atoms. The molecule has 0 atom stereocenters. The first-order chi connectivity index (χ1) is 9.47. The molecule has 0 bridgehead atoms. The molecule has 1 fully saturated rings. The number of ether oxygens (including phenoxy) is 1. The number of benzene rings is 1. The minimum atomic E-state index is -0.471. The number of carbonyl (C=O) groups is 1. The minimum absolute atomic E-state index is 0.110. The van der Waals surface area contributed by atoms with Crippen LogP contribution < -0.4 is 10.5 Å². The predicted octanol–water partition coefficient (Wildman–Crippen LogP) is 1.32. The van der Waals surface area contributed by atoms with E-state index in [1.165, 1.54) is 12.1 Å². The first-order valence-corrected chi connectivity index (χ1v) is 7.10. The van der Waals surface area contributed by atoms with Crippen LogP contribution in [0.5, 0.6) is 5.75 Å². The fraction of sp³-hybridized carbons (Fsp3) is 0.462. The number of amides is 1. The third kappa shape index (κ3) is 3.61. The average Bonchev–Trinajstić information content (AvgIpc) is 2.42. The van der Waals surface area contributed by atoms with E-state index in [0.29, 0.717) is 18.8 Å². The zero-order valence-electron chi connectivity index (χ0n) is 11.2. The number of nitrogens with zero attached hydrogens (tertiary/aromatic N) is 2. The number of hydrogen-bond donors (Lipinski definition) is 1. The van der Waals surface area contributed by atoms with Crippen LogP contribution in [0.25, 0.3) is 0 Å². The summed E-state index contributed by atoms with van der Waals surface area (Å²) in [6.45, 7) is 2.93. The SMILES string of the molecule is CN1CCN(C(=O)COc2cc(F)c(Br)cc2N)CC1. The van der Waals surface area contributed by atoms with E-state index >= 15 is 0 Å². The number of carbonyl (C=O) groups excluding carboxylic acids is 1. The average molecular weight is 346 g/mol. The van der Waals surface area contributed by atoms with Crippen LogP contribution >= 0.6 is 15.9 Å². The van der Waals surface area contributed by atoms with Crippen LogP contribution in [-0.2, 0) is 4.79 Å². The van der Waals surface area contributed by atoms with E-state index < -0.39 is 5.82 Å². The molecule has 5 nitrogen and oxygen atoms in total. The molecule has 110 valence electrons. The monoisotopic (exact) mass is 345 g/mol. The molecule has 0 aliphatic carbocycles. The molecule has 2 rings (SSSR count). The highest BCUT2D eigenvalue weighted by atomic mass is 79.9. The maximum absolute atomic E-state index is 13.4. The van der Waals surface area contributed by atoms with E-state index in [4.69, 9.17) is 10.5 Å². The Morgan fingerprint density at radius 3 is 2.70 bits per heavy atom. The van der Waals surface area contributed by atoms with Crippen molar-refractivity contribution in [3.05, 3.63) is 22.4 Å². The van der Waals surface area contributed by atoms with Gasteiger partial charge in [-0.05, 0) is 29.0 Å². The highest BCUT2D eigenvalue weighted by Crippen LogP contribution is 2.28. The van der Waals surface area contributed by atoms with E-state index in [1.54, 1.807) is 4.90 Å². The molecule has 7 heteroatoms. The summed E-state index contributed by atoms with van der Waals surface area (Å²) in [5.41, 5.74) is 6.02. The van der Waals surface area contributed by atoms with E-state index in [0.717, 1.165) is 13.1 Å². The summed E-state index contributed by atoms with van der Waals surface area (Å²) in [5.74, 6) is -0.393. The van der Waals surface area contributed by atoms with E-state index in [1.807, 2.05) is 7.05 Å². The number of rotatable bonds is 3. The van der Waals surface area contributed by atoms with E-state index in [-0.39, 0.29) is 22.7 Å². The predicted molar refractivity (Wildman–Crippen MR) is 78.1 cm³/mol. The Hall–Kier alpha value is -1.34. The van der Waals surface area contributed by atoms with Gasteiger partial charge in [0, 0.05) is 32.2 Å². The Bertz CT molecular complexity index is 505. The van der Waals surface area contributed by atoms with Crippen molar-refractivity contribution in [1.82, 2.24) is 9.80 Å². The smallest absolute Gasteiger partial charge is 0.260 e. The Kier molecular flexibility index (Phi) is 4.82. The van der Waals surface area contributed by atoms with Crippen LogP contribution in [-0.4, -0.2) is 55.5 Å². The molecule has 0 unspecified atom stereocenters. The summed E-state index contributed by atoms with van der Waals surface area (Å²) >= 11 is 3.04. The van der Waals surface area contributed by atoms with Crippen molar-refractivity contribution in [2.75, 3.05) is 45.6 Å². The molecule has 20 heavy (non-hydrogen) atoms. The second-order valence-corrected chi connectivity index (χ2v) is 5.63. The molecule has 0 radical (unpaired) electrons. The van der Waals surface area contributed by atoms with Crippen molar-refractivity contribution in [1.29, 1.82) is 0 Å². The van der Waals surface area contributed by atoms with Crippen LogP contribution in [0, 0.1) is 5.82 Å². The van der Waals surface area contributed by atoms with Gasteiger partial charge in [0.2, 0.25) is 0 Å². The van der Waals surface area contributed by atoms with Gasteiger partial charge < -0.3 is 20.3 Å². The van der Waals surface area contributed by atoms with Gasteiger partial charge in [0.15, 0.2) is 6.61 Å². The van der Waals surface area contributed by atoms with E-state index in [2.05, 4.69) is 20.8 Å². The van der Waals surface area contributed by atoms with Gasteiger partial charge in [0.05, 0.1) is 10.2 Å². The van der Waals surface area contributed by atoms with Crippen molar-refractivity contribution >= 4 is 27.5 Å². The number of hydrogen-bond acceptors (Lipinski definition) is 4. The van der Waals surface area contributed by atoms with E-state index in [9.17, 15) is 9.18 Å². The van der Waals surface area contributed by atoms with Crippen LogP contribution in [0.1, 0.15) is 0 Å². The number of likely N-dealkylation sites (N-methyl/N-ethyl adjacent to an activating group) is 1. The highest BCUT2D eigenvalue weighted by Gasteiger charge is 2.19. The zero-order valence-corrected chi connectivity index (χ0v) is 12.8. The Morgan fingerprint density at radius 2 is 2.05 bits per heavy atom. The molecule has 1 aliphatic heterocycles.